The number of hydrogen-bond acceptors (Lipinski definition) is 0. The van der Waals surface area contributed by atoms with Crippen LogP contribution in [-0.4, -0.2) is 0 Å². The Bertz CT molecular complexity index is 176. The van der Waals surface area contributed by atoms with Crippen LogP contribution in [0.2, 0.25) is 0 Å². The van der Waals surface area contributed by atoms with Gasteiger partial charge in [-0.1, -0.05) is 38.2 Å². The monoisotopic (exact) mass is 164 g/mol. The van der Waals surface area contributed by atoms with Gasteiger partial charge >= 0.3 is 0 Å². The molecule has 0 amide bonds. The third kappa shape index (κ3) is 7.41. The minimum absolute atomic E-state index is 1.19. The van der Waals surface area contributed by atoms with Crippen molar-refractivity contribution >= 4 is 0 Å². The minimum Gasteiger partial charge on any atom is -0.102 e. The Morgan fingerprint density at radius 1 is 1.25 bits per heavy atom. The summed E-state index contributed by atoms with van der Waals surface area (Å²) in [7, 11) is 0. The molecule has 0 heterocycles. The van der Waals surface area contributed by atoms with Crippen LogP contribution in [0.3, 0.4) is 0 Å². The molecule has 0 heteroatoms. The molecular formula is C12H20. The Morgan fingerprint density at radius 2 is 2.00 bits per heavy atom. The van der Waals surface area contributed by atoms with E-state index in [2.05, 4.69) is 31.8 Å². The lowest BCUT2D eigenvalue weighted by molar-refractivity contribution is 0.674. The lowest BCUT2D eigenvalue weighted by Crippen LogP contribution is -1.75. The van der Waals surface area contributed by atoms with Crippen LogP contribution in [0.4, 0.5) is 0 Å². The average Bonchev–Trinajstić information content (AvgIpc) is 2.05. The molecule has 0 fully saturated rings. The van der Waals surface area contributed by atoms with Gasteiger partial charge in [0.1, 0.15) is 0 Å². The van der Waals surface area contributed by atoms with Crippen molar-refractivity contribution in [2.45, 2.75) is 52.9 Å². The van der Waals surface area contributed by atoms with E-state index in [0.29, 0.717) is 0 Å². The molecule has 0 aliphatic carbocycles. The van der Waals surface area contributed by atoms with Crippen molar-refractivity contribution in [2.24, 2.45) is 0 Å². The molecule has 0 nitrogen and oxygen atoms in total. The van der Waals surface area contributed by atoms with Gasteiger partial charge in [0.25, 0.3) is 0 Å². The molecule has 0 saturated heterocycles. The molecule has 12 heavy (non-hydrogen) atoms. The van der Waals surface area contributed by atoms with E-state index in [1.54, 1.807) is 0 Å². The van der Waals surface area contributed by atoms with Crippen LogP contribution in [0.15, 0.2) is 11.6 Å². The maximum absolute atomic E-state index is 3.05. The van der Waals surface area contributed by atoms with Gasteiger partial charge in [-0.2, -0.15) is 0 Å². The zero-order chi connectivity index (χ0) is 9.23. The summed E-state index contributed by atoms with van der Waals surface area (Å²) in [5.74, 6) is 5.95. The normalized spacial score (nSPS) is 10.8. The summed E-state index contributed by atoms with van der Waals surface area (Å²) in [5, 5.41) is 0. The molecule has 0 rings (SSSR count). The van der Waals surface area contributed by atoms with Gasteiger partial charge in [-0.05, 0) is 32.3 Å². The first-order valence-corrected chi connectivity index (χ1v) is 4.90. The van der Waals surface area contributed by atoms with E-state index in [1.807, 2.05) is 6.92 Å². The quantitative estimate of drug-likeness (QED) is 0.426. The van der Waals surface area contributed by atoms with Gasteiger partial charge in [0.15, 0.2) is 0 Å². The van der Waals surface area contributed by atoms with Crippen molar-refractivity contribution in [3.63, 3.8) is 0 Å². The molecule has 0 aromatic rings. The summed E-state index contributed by atoms with van der Waals surface area (Å²) < 4.78 is 0. The topological polar surface area (TPSA) is 0 Å². The smallest absolute Gasteiger partial charge is 0.00234 e. The number of unbranched alkanes of at least 4 members (excludes halogenated alkanes) is 4. The van der Waals surface area contributed by atoms with Crippen LogP contribution in [0.5, 0.6) is 0 Å². The van der Waals surface area contributed by atoms with Crippen LogP contribution in [-0.2, 0) is 0 Å². The molecular weight excluding hydrogens is 144 g/mol. The van der Waals surface area contributed by atoms with Crippen molar-refractivity contribution in [3.8, 4) is 11.8 Å². The fourth-order valence-electron chi connectivity index (χ4n) is 1.14. The third-order valence-corrected chi connectivity index (χ3v) is 1.83. The SMILES string of the molecule is CC#C/C(C)=C\CCCCCC. The first kappa shape index (κ1) is 11.3. The summed E-state index contributed by atoms with van der Waals surface area (Å²) >= 11 is 0. The van der Waals surface area contributed by atoms with Gasteiger partial charge in [0, 0.05) is 0 Å². The van der Waals surface area contributed by atoms with E-state index in [9.17, 15) is 0 Å². The zero-order valence-electron chi connectivity index (χ0n) is 8.61. The maximum atomic E-state index is 3.05. The predicted octanol–water partition coefficient (Wildman–Crippen LogP) is 3.93. The molecule has 0 bridgehead atoms. The molecule has 0 aromatic heterocycles. The molecule has 68 valence electrons. The Hall–Kier alpha value is -0.700. The Labute approximate surface area is 77.1 Å². The first-order chi connectivity index (χ1) is 5.81. The van der Waals surface area contributed by atoms with Gasteiger partial charge in [-0.3, -0.25) is 0 Å². The van der Waals surface area contributed by atoms with E-state index in [0.717, 1.165) is 0 Å². The fourth-order valence-corrected chi connectivity index (χ4v) is 1.14. The molecule has 0 aliphatic rings. The molecule has 0 radical (unpaired) electrons. The van der Waals surface area contributed by atoms with Gasteiger partial charge in [-0.15, -0.1) is 5.92 Å². The van der Waals surface area contributed by atoms with Gasteiger partial charge in [-0.25, -0.2) is 0 Å². The largest absolute Gasteiger partial charge is 0.102 e. The van der Waals surface area contributed by atoms with E-state index in [1.165, 1.54) is 37.7 Å². The molecule has 0 aliphatic heterocycles. The van der Waals surface area contributed by atoms with Crippen molar-refractivity contribution in [3.05, 3.63) is 11.6 Å². The number of allylic oxidation sites excluding steroid dienone is 2. The highest BCUT2D eigenvalue weighted by atomic mass is 13.9. The zero-order valence-corrected chi connectivity index (χ0v) is 8.61. The minimum atomic E-state index is 1.19. The molecule has 0 spiro atoms. The van der Waals surface area contributed by atoms with E-state index >= 15 is 0 Å². The number of hydrogen-bond donors (Lipinski definition) is 0. The second-order valence-electron chi connectivity index (χ2n) is 3.11. The maximum Gasteiger partial charge on any atom is -0.00234 e. The van der Waals surface area contributed by atoms with Gasteiger partial charge in [0.2, 0.25) is 0 Å². The Balaban J connectivity index is 3.38. The Morgan fingerprint density at radius 3 is 2.58 bits per heavy atom. The molecule has 0 aromatic carbocycles. The third-order valence-electron chi connectivity index (χ3n) is 1.83. The van der Waals surface area contributed by atoms with Crippen molar-refractivity contribution < 1.29 is 0 Å². The average molecular weight is 164 g/mol. The van der Waals surface area contributed by atoms with Crippen LogP contribution in [0, 0.1) is 11.8 Å². The molecule has 0 saturated carbocycles. The molecule has 0 unspecified atom stereocenters. The van der Waals surface area contributed by atoms with Crippen LogP contribution in [0.1, 0.15) is 52.9 Å². The van der Waals surface area contributed by atoms with Crippen molar-refractivity contribution in [1.29, 1.82) is 0 Å². The van der Waals surface area contributed by atoms with Crippen LogP contribution < -0.4 is 0 Å². The Kier molecular flexibility index (Phi) is 7.91. The predicted molar refractivity (Wildman–Crippen MR) is 56.0 cm³/mol. The highest BCUT2D eigenvalue weighted by molar-refractivity contribution is 5.25. The van der Waals surface area contributed by atoms with E-state index < -0.39 is 0 Å². The second kappa shape index (κ2) is 8.40. The van der Waals surface area contributed by atoms with Crippen molar-refractivity contribution in [1.82, 2.24) is 0 Å². The van der Waals surface area contributed by atoms with Crippen LogP contribution >= 0.6 is 0 Å². The number of rotatable bonds is 5. The fraction of sp³-hybridized carbons (Fsp3) is 0.667. The lowest BCUT2D eigenvalue weighted by atomic mass is 10.1. The van der Waals surface area contributed by atoms with Crippen molar-refractivity contribution in [2.75, 3.05) is 0 Å². The summed E-state index contributed by atoms with van der Waals surface area (Å²) in [5.41, 5.74) is 1.22. The summed E-state index contributed by atoms with van der Waals surface area (Å²) in [6.07, 6.45) is 8.80. The van der Waals surface area contributed by atoms with E-state index in [4.69, 9.17) is 0 Å². The van der Waals surface area contributed by atoms with E-state index in [-0.39, 0.29) is 0 Å². The first-order valence-electron chi connectivity index (χ1n) is 4.90. The van der Waals surface area contributed by atoms with Gasteiger partial charge in [0.05, 0.1) is 0 Å². The standard InChI is InChI=1S/C12H20/c1-4-6-7-8-9-11-12(3)10-5-2/h11H,4,6-9H2,1-3H3/b12-11-. The molecule has 0 atom stereocenters. The highest BCUT2D eigenvalue weighted by Crippen LogP contribution is 2.04. The van der Waals surface area contributed by atoms with Gasteiger partial charge < -0.3 is 0 Å². The summed E-state index contributed by atoms with van der Waals surface area (Å²) in [6, 6.07) is 0. The van der Waals surface area contributed by atoms with Crippen LogP contribution in [0.25, 0.3) is 0 Å². The lowest BCUT2D eigenvalue weighted by Gasteiger charge is -1.94. The molecule has 0 N–H and O–H groups in total. The highest BCUT2D eigenvalue weighted by Gasteiger charge is 1.85. The summed E-state index contributed by atoms with van der Waals surface area (Å²) in [4.78, 5) is 0. The second-order valence-corrected chi connectivity index (χ2v) is 3.11. The summed E-state index contributed by atoms with van der Waals surface area (Å²) in [6.45, 7) is 6.20.